The second-order valence-electron chi connectivity index (χ2n) is 3.72. The van der Waals surface area contributed by atoms with E-state index < -0.39 is 0 Å². The number of aliphatic hydroxyl groups excluding tert-OH is 1. The molecule has 0 radical (unpaired) electrons. The molecule has 1 rings (SSSR count). The summed E-state index contributed by atoms with van der Waals surface area (Å²) in [5, 5.41) is 8.75. The highest BCUT2D eigenvalue weighted by Gasteiger charge is 2.29. The van der Waals surface area contributed by atoms with Crippen molar-refractivity contribution < 1.29 is 9.90 Å². The zero-order valence-electron chi connectivity index (χ0n) is 8.07. The van der Waals surface area contributed by atoms with Gasteiger partial charge in [-0.25, -0.2) is 0 Å². The molecule has 0 aromatic carbocycles. The SMILES string of the molecule is CCC(N)CC(=O)N1CC(CO)C1. The molecular formula is C9H18N2O2. The van der Waals surface area contributed by atoms with E-state index in [1.807, 2.05) is 6.92 Å². The van der Waals surface area contributed by atoms with E-state index in [0.717, 1.165) is 6.42 Å². The molecule has 1 amide bonds. The van der Waals surface area contributed by atoms with Gasteiger partial charge in [0.15, 0.2) is 0 Å². The first-order chi connectivity index (χ1) is 6.17. The van der Waals surface area contributed by atoms with E-state index in [4.69, 9.17) is 10.8 Å². The maximum Gasteiger partial charge on any atom is 0.224 e. The van der Waals surface area contributed by atoms with E-state index in [-0.39, 0.29) is 18.6 Å². The molecule has 0 bridgehead atoms. The molecule has 0 saturated carbocycles. The molecule has 0 aliphatic carbocycles. The van der Waals surface area contributed by atoms with Gasteiger partial charge in [-0.05, 0) is 6.42 Å². The van der Waals surface area contributed by atoms with Crippen LogP contribution >= 0.6 is 0 Å². The largest absolute Gasteiger partial charge is 0.396 e. The van der Waals surface area contributed by atoms with Crippen molar-refractivity contribution in [1.29, 1.82) is 0 Å². The minimum Gasteiger partial charge on any atom is -0.396 e. The number of hydrogen-bond donors (Lipinski definition) is 2. The topological polar surface area (TPSA) is 66.6 Å². The molecular weight excluding hydrogens is 168 g/mol. The van der Waals surface area contributed by atoms with E-state index in [2.05, 4.69) is 0 Å². The Labute approximate surface area is 78.7 Å². The summed E-state index contributed by atoms with van der Waals surface area (Å²) in [5.41, 5.74) is 5.66. The molecule has 0 aromatic rings. The number of nitrogens with two attached hydrogens (primary N) is 1. The lowest BCUT2D eigenvalue weighted by molar-refractivity contribution is -0.138. The predicted molar refractivity (Wildman–Crippen MR) is 50.0 cm³/mol. The Bertz CT molecular complexity index is 178. The van der Waals surface area contributed by atoms with E-state index in [9.17, 15) is 4.79 Å². The molecule has 1 aliphatic heterocycles. The van der Waals surface area contributed by atoms with Gasteiger partial charge in [0, 0.05) is 38.1 Å². The van der Waals surface area contributed by atoms with Crippen LogP contribution in [0.25, 0.3) is 0 Å². The van der Waals surface area contributed by atoms with Crippen LogP contribution in [0.5, 0.6) is 0 Å². The molecule has 1 fully saturated rings. The number of nitrogens with zero attached hydrogens (tertiary/aromatic N) is 1. The van der Waals surface area contributed by atoms with Crippen molar-refractivity contribution in [2.24, 2.45) is 11.7 Å². The minimum absolute atomic E-state index is 0.0133. The Hall–Kier alpha value is -0.610. The Morgan fingerprint density at radius 2 is 2.31 bits per heavy atom. The molecule has 0 aromatic heterocycles. The molecule has 4 nitrogen and oxygen atoms in total. The van der Waals surface area contributed by atoms with Gasteiger partial charge >= 0.3 is 0 Å². The molecule has 4 heteroatoms. The lowest BCUT2D eigenvalue weighted by Gasteiger charge is -2.38. The third-order valence-electron chi connectivity index (χ3n) is 2.53. The molecule has 76 valence electrons. The van der Waals surface area contributed by atoms with Gasteiger partial charge in [-0.3, -0.25) is 4.79 Å². The summed E-state index contributed by atoms with van der Waals surface area (Å²) in [7, 11) is 0. The number of rotatable bonds is 4. The Morgan fingerprint density at radius 3 is 2.77 bits per heavy atom. The Kier molecular flexibility index (Phi) is 3.69. The average molecular weight is 186 g/mol. The molecule has 3 N–H and O–H groups in total. The molecule has 1 unspecified atom stereocenters. The Balaban J connectivity index is 2.19. The molecule has 1 saturated heterocycles. The highest BCUT2D eigenvalue weighted by Crippen LogP contribution is 2.16. The first kappa shape index (κ1) is 10.5. The maximum atomic E-state index is 11.4. The molecule has 1 heterocycles. The number of amides is 1. The maximum absolute atomic E-state index is 11.4. The van der Waals surface area contributed by atoms with Crippen molar-refractivity contribution in [3.05, 3.63) is 0 Å². The summed E-state index contributed by atoms with van der Waals surface area (Å²) in [4.78, 5) is 13.2. The fraction of sp³-hybridized carbons (Fsp3) is 0.889. The highest BCUT2D eigenvalue weighted by atomic mass is 16.3. The van der Waals surface area contributed by atoms with E-state index in [0.29, 0.717) is 25.4 Å². The summed E-state index contributed by atoms with van der Waals surface area (Å²) in [6, 6.07) is -0.0133. The van der Waals surface area contributed by atoms with Crippen LogP contribution in [0.2, 0.25) is 0 Å². The van der Waals surface area contributed by atoms with Gasteiger partial charge < -0.3 is 15.7 Å². The Morgan fingerprint density at radius 1 is 1.69 bits per heavy atom. The van der Waals surface area contributed by atoms with Crippen LogP contribution in [-0.2, 0) is 4.79 Å². The van der Waals surface area contributed by atoms with Crippen molar-refractivity contribution in [2.45, 2.75) is 25.8 Å². The zero-order chi connectivity index (χ0) is 9.84. The number of hydrogen-bond acceptors (Lipinski definition) is 3. The van der Waals surface area contributed by atoms with Crippen molar-refractivity contribution in [3.8, 4) is 0 Å². The quantitative estimate of drug-likeness (QED) is 0.625. The fourth-order valence-electron chi connectivity index (χ4n) is 1.39. The highest BCUT2D eigenvalue weighted by molar-refractivity contribution is 5.77. The van der Waals surface area contributed by atoms with Gasteiger partial charge in [0.2, 0.25) is 5.91 Å². The summed E-state index contributed by atoms with van der Waals surface area (Å²) >= 11 is 0. The third kappa shape index (κ3) is 2.67. The number of aliphatic hydroxyl groups is 1. The third-order valence-corrected chi connectivity index (χ3v) is 2.53. The fourth-order valence-corrected chi connectivity index (χ4v) is 1.39. The van der Waals surface area contributed by atoms with Crippen molar-refractivity contribution in [2.75, 3.05) is 19.7 Å². The summed E-state index contributed by atoms with van der Waals surface area (Å²) < 4.78 is 0. The lowest BCUT2D eigenvalue weighted by atomic mass is 10.00. The van der Waals surface area contributed by atoms with E-state index >= 15 is 0 Å². The van der Waals surface area contributed by atoms with Gasteiger partial charge in [-0.1, -0.05) is 6.92 Å². The molecule has 13 heavy (non-hydrogen) atoms. The second kappa shape index (κ2) is 4.58. The average Bonchev–Trinajstić information content (AvgIpc) is 2.02. The zero-order valence-corrected chi connectivity index (χ0v) is 8.07. The summed E-state index contributed by atoms with van der Waals surface area (Å²) in [6.07, 6.45) is 1.28. The first-order valence-electron chi connectivity index (χ1n) is 4.81. The van der Waals surface area contributed by atoms with Gasteiger partial charge in [0.1, 0.15) is 0 Å². The van der Waals surface area contributed by atoms with Crippen LogP contribution in [0.3, 0.4) is 0 Å². The van der Waals surface area contributed by atoms with Crippen molar-refractivity contribution >= 4 is 5.91 Å². The van der Waals surface area contributed by atoms with Crippen LogP contribution in [-0.4, -0.2) is 41.7 Å². The molecule has 0 spiro atoms. The minimum atomic E-state index is -0.0133. The monoisotopic (exact) mass is 186 g/mol. The van der Waals surface area contributed by atoms with E-state index in [1.54, 1.807) is 4.90 Å². The van der Waals surface area contributed by atoms with E-state index in [1.165, 1.54) is 0 Å². The second-order valence-corrected chi connectivity index (χ2v) is 3.72. The lowest BCUT2D eigenvalue weighted by Crippen LogP contribution is -2.52. The van der Waals surface area contributed by atoms with Crippen molar-refractivity contribution in [3.63, 3.8) is 0 Å². The van der Waals surface area contributed by atoms with Gasteiger partial charge in [-0.2, -0.15) is 0 Å². The van der Waals surface area contributed by atoms with Gasteiger partial charge in [-0.15, -0.1) is 0 Å². The van der Waals surface area contributed by atoms with Crippen LogP contribution in [0.15, 0.2) is 0 Å². The van der Waals surface area contributed by atoms with Crippen molar-refractivity contribution in [1.82, 2.24) is 4.90 Å². The normalized spacial score (nSPS) is 19.8. The number of carbonyl (C=O) groups excluding carboxylic acids is 1. The molecule has 1 atom stereocenters. The van der Waals surface area contributed by atoms with Gasteiger partial charge in [0.25, 0.3) is 0 Å². The summed E-state index contributed by atoms with van der Waals surface area (Å²) in [5.74, 6) is 0.417. The predicted octanol–water partition coefficient (Wildman–Crippen LogP) is -0.435. The summed E-state index contributed by atoms with van der Waals surface area (Å²) in [6.45, 7) is 3.56. The van der Waals surface area contributed by atoms with Gasteiger partial charge in [0.05, 0.1) is 0 Å². The first-order valence-corrected chi connectivity index (χ1v) is 4.81. The molecule has 1 aliphatic rings. The number of likely N-dealkylation sites (tertiary alicyclic amines) is 1. The van der Waals surface area contributed by atoms with Crippen LogP contribution in [0, 0.1) is 5.92 Å². The van der Waals surface area contributed by atoms with Crippen LogP contribution in [0.4, 0.5) is 0 Å². The number of carbonyl (C=O) groups is 1. The van der Waals surface area contributed by atoms with Crippen LogP contribution in [0.1, 0.15) is 19.8 Å². The standard InChI is InChI=1S/C9H18N2O2/c1-2-8(10)3-9(13)11-4-7(5-11)6-12/h7-8,12H,2-6,10H2,1H3. The van der Waals surface area contributed by atoms with Crippen LogP contribution < -0.4 is 5.73 Å². The smallest absolute Gasteiger partial charge is 0.224 e.